The zero-order chi connectivity index (χ0) is 9.99. The van der Waals surface area contributed by atoms with Crippen molar-refractivity contribution in [2.75, 3.05) is 20.2 Å². The van der Waals surface area contributed by atoms with Gasteiger partial charge in [-0.15, -0.1) is 0 Å². The standard InChI is InChI=1S/C13H17NO/c1-14-3-2-10-11-5-8-4-9(8)6-13(11)15-7-12(10)14/h5-6,8-10,12H,2-4,7H2,1H3. The van der Waals surface area contributed by atoms with Gasteiger partial charge in [0.2, 0.25) is 0 Å². The fraction of sp³-hybridized carbons (Fsp3) is 0.692. The first-order chi connectivity index (χ1) is 7.33. The third-order valence-corrected chi connectivity index (χ3v) is 4.57. The van der Waals surface area contributed by atoms with E-state index in [1.165, 1.54) is 30.7 Å². The molecule has 3 fully saturated rings. The first-order valence-electron chi connectivity index (χ1n) is 6.10. The van der Waals surface area contributed by atoms with E-state index in [4.69, 9.17) is 4.74 Å². The number of ether oxygens (including phenoxy) is 1. The summed E-state index contributed by atoms with van der Waals surface area (Å²) in [6, 6.07) is 0.642. The number of hydrogen-bond acceptors (Lipinski definition) is 2. The van der Waals surface area contributed by atoms with Gasteiger partial charge in [-0.3, -0.25) is 4.90 Å². The average Bonchev–Trinajstić information content (AvgIpc) is 2.90. The van der Waals surface area contributed by atoms with Crippen LogP contribution in [0, 0.1) is 17.8 Å². The van der Waals surface area contributed by atoms with Crippen LogP contribution in [0.1, 0.15) is 12.8 Å². The van der Waals surface area contributed by atoms with Crippen LogP contribution in [0.5, 0.6) is 0 Å². The van der Waals surface area contributed by atoms with Crippen molar-refractivity contribution in [1.29, 1.82) is 0 Å². The number of allylic oxidation sites excluding steroid dienone is 3. The normalized spacial score (nSPS) is 47.0. The third kappa shape index (κ3) is 1.09. The molecule has 0 bridgehead atoms. The molecular formula is C13H17NO. The van der Waals surface area contributed by atoms with Crippen LogP contribution in [0.2, 0.25) is 0 Å². The van der Waals surface area contributed by atoms with E-state index in [-0.39, 0.29) is 0 Å². The molecule has 0 N–H and O–H groups in total. The SMILES string of the molecule is CN1CCC2C3=CC4CC4C=C3OCC21. The summed E-state index contributed by atoms with van der Waals surface area (Å²) in [6.45, 7) is 2.14. The molecule has 15 heavy (non-hydrogen) atoms. The summed E-state index contributed by atoms with van der Waals surface area (Å²) in [7, 11) is 2.23. The molecule has 0 aromatic heterocycles. The zero-order valence-corrected chi connectivity index (χ0v) is 9.15. The van der Waals surface area contributed by atoms with Crippen LogP contribution in [0.25, 0.3) is 0 Å². The van der Waals surface area contributed by atoms with Gasteiger partial charge in [0.1, 0.15) is 12.4 Å². The van der Waals surface area contributed by atoms with Crippen molar-refractivity contribution >= 4 is 0 Å². The minimum atomic E-state index is 0.642. The Labute approximate surface area is 90.6 Å². The van der Waals surface area contributed by atoms with Gasteiger partial charge in [-0.2, -0.15) is 0 Å². The molecule has 1 saturated carbocycles. The Bertz CT molecular complexity index is 371. The lowest BCUT2D eigenvalue weighted by atomic mass is 9.85. The molecule has 2 nitrogen and oxygen atoms in total. The van der Waals surface area contributed by atoms with E-state index < -0.39 is 0 Å². The van der Waals surface area contributed by atoms with Gasteiger partial charge < -0.3 is 4.74 Å². The van der Waals surface area contributed by atoms with E-state index >= 15 is 0 Å². The van der Waals surface area contributed by atoms with Gasteiger partial charge in [-0.05, 0) is 49.9 Å². The maximum Gasteiger partial charge on any atom is 0.118 e. The third-order valence-electron chi connectivity index (χ3n) is 4.57. The molecule has 0 spiro atoms. The van der Waals surface area contributed by atoms with E-state index in [2.05, 4.69) is 24.1 Å². The number of fused-ring (bicyclic) bond motifs is 4. The predicted molar refractivity (Wildman–Crippen MR) is 58.2 cm³/mol. The highest BCUT2D eigenvalue weighted by molar-refractivity contribution is 5.40. The Hall–Kier alpha value is -0.760. The van der Waals surface area contributed by atoms with Gasteiger partial charge in [-0.25, -0.2) is 0 Å². The monoisotopic (exact) mass is 203 g/mol. The van der Waals surface area contributed by atoms with Crippen LogP contribution in [-0.4, -0.2) is 31.1 Å². The molecule has 4 atom stereocenters. The number of rotatable bonds is 0. The Morgan fingerprint density at radius 3 is 3.13 bits per heavy atom. The second-order valence-electron chi connectivity index (χ2n) is 5.47. The minimum absolute atomic E-state index is 0.642. The predicted octanol–water partition coefficient (Wildman–Crippen LogP) is 1.80. The quantitative estimate of drug-likeness (QED) is 0.595. The second-order valence-corrected chi connectivity index (χ2v) is 5.47. The fourth-order valence-corrected chi connectivity index (χ4v) is 3.45. The summed E-state index contributed by atoms with van der Waals surface area (Å²) in [5.41, 5.74) is 1.54. The zero-order valence-electron chi connectivity index (χ0n) is 9.15. The van der Waals surface area contributed by atoms with Crippen LogP contribution in [0.4, 0.5) is 0 Å². The number of likely N-dealkylation sites (tertiary alicyclic amines) is 1. The van der Waals surface area contributed by atoms with Crippen molar-refractivity contribution in [3.63, 3.8) is 0 Å². The minimum Gasteiger partial charge on any atom is -0.492 e. The maximum atomic E-state index is 5.91. The molecule has 2 saturated heterocycles. The second kappa shape index (κ2) is 2.67. The van der Waals surface area contributed by atoms with Crippen molar-refractivity contribution in [3.8, 4) is 0 Å². The van der Waals surface area contributed by atoms with Crippen LogP contribution < -0.4 is 0 Å². The van der Waals surface area contributed by atoms with Gasteiger partial charge in [0.15, 0.2) is 0 Å². The molecule has 2 aliphatic carbocycles. The van der Waals surface area contributed by atoms with Gasteiger partial charge in [0, 0.05) is 5.92 Å². The topological polar surface area (TPSA) is 12.5 Å². The van der Waals surface area contributed by atoms with E-state index in [1.54, 1.807) is 0 Å². The molecule has 0 amide bonds. The Morgan fingerprint density at radius 2 is 2.20 bits per heavy atom. The smallest absolute Gasteiger partial charge is 0.118 e. The number of nitrogens with zero attached hydrogens (tertiary/aromatic N) is 1. The molecule has 80 valence electrons. The maximum absolute atomic E-state index is 5.91. The van der Waals surface area contributed by atoms with Crippen molar-refractivity contribution in [1.82, 2.24) is 4.90 Å². The molecule has 2 heterocycles. The summed E-state index contributed by atoms with van der Waals surface area (Å²) in [5, 5.41) is 0. The van der Waals surface area contributed by atoms with Crippen LogP contribution in [0.15, 0.2) is 23.5 Å². The van der Waals surface area contributed by atoms with E-state index in [9.17, 15) is 0 Å². The molecule has 2 heteroatoms. The first kappa shape index (κ1) is 8.40. The lowest BCUT2D eigenvalue weighted by Crippen LogP contribution is -2.38. The van der Waals surface area contributed by atoms with Crippen molar-refractivity contribution in [3.05, 3.63) is 23.5 Å². The highest BCUT2D eigenvalue weighted by Gasteiger charge is 2.45. The summed E-state index contributed by atoms with van der Waals surface area (Å²) < 4.78 is 5.91. The van der Waals surface area contributed by atoms with Crippen LogP contribution in [0.3, 0.4) is 0 Å². The van der Waals surface area contributed by atoms with Crippen molar-refractivity contribution < 1.29 is 4.74 Å². The molecule has 0 radical (unpaired) electrons. The average molecular weight is 203 g/mol. The summed E-state index contributed by atoms with van der Waals surface area (Å²) in [5.74, 6) is 3.67. The van der Waals surface area contributed by atoms with Crippen molar-refractivity contribution in [2.24, 2.45) is 17.8 Å². The Kier molecular flexibility index (Phi) is 1.50. The van der Waals surface area contributed by atoms with E-state index in [0.29, 0.717) is 6.04 Å². The van der Waals surface area contributed by atoms with Gasteiger partial charge >= 0.3 is 0 Å². The van der Waals surface area contributed by atoms with Crippen molar-refractivity contribution in [2.45, 2.75) is 18.9 Å². The summed E-state index contributed by atoms with van der Waals surface area (Å²) >= 11 is 0. The fourth-order valence-electron chi connectivity index (χ4n) is 3.45. The Balaban J connectivity index is 1.72. The van der Waals surface area contributed by atoms with Gasteiger partial charge in [-0.1, -0.05) is 6.08 Å². The molecular weight excluding hydrogens is 186 g/mol. The highest BCUT2D eigenvalue weighted by atomic mass is 16.5. The van der Waals surface area contributed by atoms with Gasteiger partial charge in [0.25, 0.3) is 0 Å². The highest BCUT2D eigenvalue weighted by Crippen LogP contribution is 2.51. The first-order valence-corrected chi connectivity index (χ1v) is 6.10. The summed E-state index contributed by atoms with van der Waals surface area (Å²) in [4.78, 5) is 2.46. The lowest BCUT2D eigenvalue weighted by Gasteiger charge is -2.34. The largest absolute Gasteiger partial charge is 0.492 e. The lowest BCUT2D eigenvalue weighted by molar-refractivity contribution is 0.0997. The van der Waals surface area contributed by atoms with Crippen LogP contribution >= 0.6 is 0 Å². The molecule has 0 aromatic carbocycles. The van der Waals surface area contributed by atoms with E-state index in [0.717, 1.165) is 24.4 Å². The van der Waals surface area contributed by atoms with E-state index in [1.807, 2.05) is 0 Å². The van der Waals surface area contributed by atoms with Crippen LogP contribution in [-0.2, 0) is 4.74 Å². The summed E-state index contributed by atoms with van der Waals surface area (Å²) in [6.07, 6.45) is 7.58. The number of likely N-dealkylation sites (N-methyl/N-ethyl adjacent to an activating group) is 1. The van der Waals surface area contributed by atoms with Gasteiger partial charge in [0.05, 0.1) is 6.04 Å². The molecule has 4 aliphatic rings. The molecule has 4 rings (SSSR count). The molecule has 4 unspecified atom stereocenters. The molecule has 0 aromatic rings. The Morgan fingerprint density at radius 1 is 1.33 bits per heavy atom. The number of hydrogen-bond donors (Lipinski definition) is 0. The molecule has 2 aliphatic heterocycles.